The molecule has 3 rings (SSSR count). The van der Waals surface area contributed by atoms with E-state index in [-0.39, 0.29) is 113 Å². The van der Waals surface area contributed by atoms with Crippen LogP contribution in [0.15, 0.2) is 73.1 Å². The first-order valence-corrected chi connectivity index (χ1v) is 26.0. The third-order valence-electron chi connectivity index (χ3n) is 10.2. The third kappa shape index (κ3) is 33.4. The number of carbonyl (C=O) groups is 5. The predicted molar refractivity (Wildman–Crippen MR) is 282 cm³/mol. The molecule has 0 aliphatic carbocycles. The molecule has 1 aromatic heterocycles. The van der Waals surface area contributed by atoms with Crippen molar-refractivity contribution in [3.8, 4) is 11.1 Å². The molecule has 0 aliphatic rings. The van der Waals surface area contributed by atoms with E-state index in [1.54, 1.807) is 11.8 Å². The number of nitrogens with one attached hydrogen (secondary N) is 2. The monoisotopic (exact) mass is 1120 g/mol. The van der Waals surface area contributed by atoms with E-state index in [2.05, 4.69) is 28.4 Å². The largest absolute Gasteiger partial charge is 1.00 e. The summed E-state index contributed by atoms with van der Waals surface area (Å²) in [5, 5.41) is 32.0. The van der Waals surface area contributed by atoms with Gasteiger partial charge >= 0.3 is 63.3 Å². The van der Waals surface area contributed by atoms with Crippen molar-refractivity contribution in [2.45, 2.75) is 70.3 Å². The maximum absolute atomic E-state index is 14.4. The van der Waals surface area contributed by atoms with Gasteiger partial charge in [-0.05, 0) is 66.8 Å². The van der Waals surface area contributed by atoms with E-state index in [9.17, 15) is 43.3 Å². The number of ether oxygens (including phenoxy) is 4. The van der Waals surface area contributed by atoms with Crippen molar-refractivity contribution >= 4 is 54.2 Å². The maximum Gasteiger partial charge on any atom is 1.00 e. The minimum absolute atomic E-state index is 0. The standard InChI is InChI=1S/C26H49N4O11S2.C23H24F2N2O.CH3NO.K/c1-20(31)22(28)18-43-23(26(35)36)16-24(32)29-19-30-41-14-13-40-12-11-39-10-9-38-8-7-37-6-4-21(25(33)34)17-42-15-3-2-5-27;1-23(2,3)22(26-15-28)21-11-17(19-12-18(24)9-10-20(19)25)14-27(21)13-16-7-5-4-6-8-16;2-1-3;/h21-23,31H,1-19,27-28H2,(H,29,32)(H,33,34)(H,35,36);4-12,14-15,22H,13H2,1-3H3,(H,26,28);1H,(H2,2,3);/q-1;;;+1. The van der Waals surface area contributed by atoms with Gasteiger partial charge in [-0.3, -0.25) is 24.0 Å². The predicted octanol–water partition coefficient (Wildman–Crippen LogP) is 2.39. The number of thioether (sulfide) groups is 2. The number of benzene rings is 2. The Kier molecular flexibility index (Phi) is 41.4. The van der Waals surface area contributed by atoms with Crippen LogP contribution in [-0.4, -0.2) is 152 Å². The van der Waals surface area contributed by atoms with E-state index in [1.165, 1.54) is 6.07 Å². The van der Waals surface area contributed by atoms with E-state index in [4.69, 9.17) is 40.0 Å². The second-order valence-electron chi connectivity index (χ2n) is 17.1. The maximum atomic E-state index is 14.4. The Hall–Kier alpha value is -3.51. The summed E-state index contributed by atoms with van der Waals surface area (Å²) in [6, 6.07) is 14.1. The van der Waals surface area contributed by atoms with Crippen molar-refractivity contribution in [2.24, 2.45) is 28.5 Å². The number of primary amides is 1. The first-order valence-electron chi connectivity index (χ1n) is 23.8. The molecule has 0 spiro atoms. The molecule has 0 saturated heterocycles. The van der Waals surface area contributed by atoms with E-state index >= 15 is 0 Å². The summed E-state index contributed by atoms with van der Waals surface area (Å²) in [5.41, 5.74) is 21.3. The molecule has 2 aromatic carbocycles. The summed E-state index contributed by atoms with van der Waals surface area (Å²) in [4.78, 5) is 59.4. The van der Waals surface area contributed by atoms with Crippen molar-refractivity contribution in [3.63, 3.8) is 0 Å². The van der Waals surface area contributed by atoms with Gasteiger partial charge in [0, 0.05) is 60.7 Å². The molecule has 0 aliphatic heterocycles. The Labute approximate surface area is 490 Å². The van der Waals surface area contributed by atoms with Crippen LogP contribution in [0, 0.1) is 23.0 Å². The van der Waals surface area contributed by atoms with Crippen LogP contribution >= 0.6 is 23.5 Å². The van der Waals surface area contributed by atoms with Gasteiger partial charge in [0.1, 0.15) is 22.6 Å². The number of carboxylic acid groups (broad SMARTS) is 2. The van der Waals surface area contributed by atoms with Crippen LogP contribution in [0.4, 0.5) is 8.78 Å². The number of carboxylic acids is 2. The average Bonchev–Trinajstić information content (AvgIpc) is 3.76. The number of unbranched alkanes of at least 4 members (excludes halogenated alkanes) is 1. The number of aliphatic hydroxyl groups excluding tert-OH is 1. The molecule has 416 valence electrons. The molecule has 11 N–H and O–H groups in total. The minimum Gasteiger partial charge on any atom is -0.517 e. The second-order valence-corrected chi connectivity index (χ2v) is 19.5. The Balaban J connectivity index is 0.00000146. The van der Waals surface area contributed by atoms with Crippen molar-refractivity contribution in [1.82, 2.24) is 15.2 Å². The van der Waals surface area contributed by atoms with Gasteiger partial charge in [0.25, 0.3) is 0 Å². The summed E-state index contributed by atoms with van der Waals surface area (Å²) in [7, 11) is 0. The number of hydrogen-bond donors (Lipinski definition) is 8. The Morgan fingerprint density at radius 1 is 0.867 bits per heavy atom. The van der Waals surface area contributed by atoms with E-state index in [0.29, 0.717) is 83.5 Å². The molecule has 4 unspecified atom stereocenters. The van der Waals surface area contributed by atoms with Gasteiger partial charge in [0.15, 0.2) is 0 Å². The SMILES string of the molecule is C=C(O)C(N)CSC(CC(=O)NC[N-]OCCOCCOCCOCCOCCC(CSCCCCN)C(=O)O)C(=O)O.CC(C)(C)C(NC=O)c1cc(-c2cc(F)ccc2F)cn1Cc1ccccc1.NC=O.[K+]. The Bertz CT molecular complexity index is 2060. The molecule has 4 atom stereocenters. The molecule has 3 aromatic rings. The van der Waals surface area contributed by atoms with Crippen LogP contribution in [0.25, 0.3) is 16.6 Å². The number of carbonyl (C=O) groups excluding carboxylic acids is 3. The number of halogens is 2. The molecule has 0 saturated carbocycles. The number of aromatic nitrogens is 1. The number of aliphatic carboxylic acids is 2. The van der Waals surface area contributed by atoms with E-state index in [0.717, 1.165) is 53.7 Å². The zero-order chi connectivity index (χ0) is 55.2. The van der Waals surface area contributed by atoms with Crippen LogP contribution < -0.4 is 79.2 Å². The molecule has 75 heavy (non-hydrogen) atoms. The van der Waals surface area contributed by atoms with Crippen molar-refractivity contribution in [1.29, 1.82) is 0 Å². The zero-order valence-corrected chi connectivity index (χ0v) is 48.3. The number of nitrogens with two attached hydrogens (primary N) is 3. The zero-order valence-electron chi connectivity index (χ0n) is 43.5. The van der Waals surface area contributed by atoms with Crippen LogP contribution in [0.5, 0.6) is 0 Å². The number of hydrogen-bond acceptors (Lipinski definition) is 15. The van der Waals surface area contributed by atoms with E-state index in [1.807, 2.05) is 67.9 Å². The molecule has 25 heteroatoms. The molecule has 20 nitrogen and oxygen atoms in total. The van der Waals surface area contributed by atoms with Gasteiger partial charge in [-0.25, -0.2) is 8.78 Å². The summed E-state index contributed by atoms with van der Waals surface area (Å²) in [6.07, 6.45) is 4.87. The fraction of sp³-hybridized carbons (Fsp3) is 0.540. The number of rotatable bonds is 38. The van der Waals surface area contributed by atoms with Gasteiger partial charge in [-0.1, -0.05) is 64.4 Å². The molecule has 3 amide bonds. The van der Waals surface area contributed by atoms with Crippen LogP contribution in [0.2, 0.25) is 0 Å². The van der Waals surface area contributed by atoms with Crippen LogP contribution in [0.3, 0.4) is 0 Å². The summed E-state index contributed by atoms with van der Waals surface area (Å²) in [5.74, 6) is -2.53. The number of amides is 3. The van der Waals surface area contributed by atoms with E-state index < -0.39 is 46.7 Å². The Morgan fingerprint density at radius 2 is 1.47 bits per heavy atom. The molecule has 1 heterocycles. The molecule has 0 fully saturated rings. The molecule has 0 bridgehead atoms. The third-order valence-corrected chi connectivity index (χ3v) is 12.7. The first kappa shape index (κ1) is 71.5. The minimum atomic E-state index is -1.16. The van der Waals surface area contributed by atoms with Crippen molar-refractivity contribution < 1.29 is 123 Å². The quantitative estimate of drug-likeness (QED) is 0.0134. The van der Waals surface area contributed by atoms with Gasteiger partial charge < -0.3 is 77.0 Å². The van der Waals surface area contributed by atoms with Gasteiger partial charge in [-0.2, -0.15) is 11.8 Å². The van der Waals surface area contributed by atoms with Gasteiger partial charge in [0.05, 0.1) is 64.2 Å². The summed E-state index contributed by atoms with van der Waals surface area (Å²) in [6.45, 7) is 13.5. The summed E-state index contributed by atoms with van der Waals surface area (Å²) < 4.78 is 51.7. The molecular weight excluding hydrogens is 1050 g/mol. The fourth-order valence-corrected chi connectivity index (χ4v) is 8.55. The van der Waals surface area contributed by atoms with Crippen molar-refractivity contribution in [2.75, 3.05) is 89.9 Å². The number of nitrogens with zero attached hydrogens (tertiary/aromatic N) is 2. The smallest absolute Gasteiger partial charge is 0.517 e. The molecular formula is C50H76F2KN7O13S2. The van der Waals surface area contributed by atoms with Gasteiger partial charge in [-0.15, -0.1) is 11.8 Å². The number of aliphatic hydroxyl groups is 1. The van der Waals surface area contributed by atoms with Crippen LogP contribution in [-0.2, 0) is 54.3 Å². The second kappa shape index (κ2) is 43.5. The van der Waals surface area contributed by atoms with Crippen LogP contribution in [0.1, 0.15) is 63.8 Å². The van der Waals surface area contributed by atoms with Gasteiger partial charge in [0.2, 0.25) is 18.7 Å². The normalized spacial score (nSPS) is 12.5. The van der Waals surface area contributed by atoms with Crippen molar-refractivity contribution in [3.05, 3.63) is 102 Å². The Morgan fingerprint density at radius 3 is 2.01 bits per heavy atom. The average molecular weight is 1120 g/mol. The first-order chi connectivity index (χ1) is 35.4. The fourth-order valence-electron chi connectivity index (χ4n) is 6.34. The molecule has 0 radical (unpaired) electrons. The summed E-state index contributed by atoms with van der Waals surface area (Å²) >= 11 is 2.58. The topological polar surface area (TPSA) is 313 Å². The number of hydroxylamine groups is 1.